The molecule has 0 aromatic carbocycles. The Morgan fingerprint density at radius 3 is 2.94 bits per heavy atom. The summed E-state index contributed by atoms with van der Waals surface area (Å²) in [5, 5.41) is 7.23. The molecule has 0 amide bonds. The second kappa shape index (κ2) is 5.81. The molecule has 0 aliphatic heterocycles. The molecule has 1 N–H and O–H groups in total. The van der Waals surface area contributed by atoms with Crippen molar-refractivity contribution in [2.75, 3.05) is 11.9 Å². The first-order chi connectivity index (χ1) is 8.70. The Morgan fingerprint density at radius 1 is 1.44 bits per heavy atom. The number of aryl methyl sites for hydroxylation is 1. The fourth-order valence-electron chi connectivity index (χ4n) is 1.35. The lowest BCUT2D eigenvalue weighted by atomic mass is 10.4. The van der Waals surface area contributed by atoms with Crippen LogP contribution in [0.5, 0.6) is 11.6 Å². The second-order valence-corrected chi connectivity index (χ2v) is 4.51. The number of hydrogen-bond acceptors (Lipinski definition) is 5. The third kappa shape index (κ3) is 2.98. The molecule has 7 heteroatoms. The van der Waals surface area contributed by atoms with Gasteiger partial charge >= 0.3 is 0 Å². The van der Waals surface area contributed by atoms with E-state index in [1.165, 1.54) is 6.33 Å². The normalized spacial score (nSPS) is 10.4. The van der Waals surface area contributed by atoms with E-state index in [0.717, 1.165) is 18.8 Å². The zero-order valence-corrected chi connectivity index (χ0v) is 11.8. The molecule has 0 bridgehead atoms. The summed E-state index contributed by atoms with van der Waals surface area (Å²) in [7, 11) is 1.83. The van der Waals surface area contributed by atoms with E-state index in [2.05, 4.69) is 43.2 Å². The molecule has 18 heavy (non-hydrogen) atoms. The Kier molecular flexibility index (Phi) is 4.14. The topological polar surface area (TPSA) is 64.9 Å². The summed E-state index contributed by atoms with van der Waals surface area (Å²) in [6.45, 7) is 2.94. The number of nitrogens with zero attached hydrogens (tertiary/aromatic N) is 4. The minimum absolute atomic E-state index is 0.469. The fourth-order valence-corrected chi connectivity index (χ4v) is 1.78. The van der Waals surface area contributed by atoms with Gasteiger partial charge in [0.1, 0.15) is 16.6 Å². The Hall–Kier alpha value is -1.63. The van der Waals surface area contributed by atoms with Crippen molar-refractivity contribution in [3.63, 3.8) is 0 Å². The van der Waals surface area contributed by atoms with Crippen molar-refractivity contribution >= 4 is 21.7 Å². The maximum Gasteiger partial charge on any atom is 0.239 e. The standard InChI is InChI=1S/C11H14BrN5O/c1-3-4-13-10-9(12)11(15-7-14-10)18-8-5-16-17(2)6-8/h5-7H,3-4H2,1-2H3,(H,13,14,15). The molecule has 0 radical (unpaired) electrons. The van der Waals surface area contributed by atoms with E-state index < -0.39 is 0 Å². The number of aromatic nitrogens is 4. The van der Waals surface area contributed by atoms with E-state index in [1.807, 2.05) is 7.05 Å². The van der Waals surface area contributed by atoms with Crippen molar-refractivity contribution in [3.05, 3.63) is 23.2 Å². The summed E-state index contributed by atoms with van der Waals surface area (Å²) in [5.41, 5.74) is 0. The van der Waals surface area contributed by atoms with E-state index in [9.17, 15) is 0 Å². The van der Waals surface area contributed by atoms with E-state index in [-0.39, 0.29) is 0 Å². The first-order valence-electron chi connectivity index (χ1n) is 5.61. The third-order valence-electron chi connectivity index (χ3n) is 2.20. The number of nitrogens with one attached hydrogen (secondary N) is 1. The summed E-state index contributed by atoms with van der Waals surface area (Å²) in [4.78, 5) is 8.25. The van der Waals surface area contributed by atoms with Crippen LogP contribution in [-0.4, -0.2) is 26.3 Å². The largest absolute Gasteiger partial charge is 0.434 e. The van der Waals surface area contributed by atoms with Gasteiger partial charge in [-0.3, -0.25) is 4.68 Å². The summed E-state index contributed by atoms with van der Waals surface area (Å²) >= 11 is 3.44. The van der Waals surface area contributed by atoms with Crippen LogP contribution in [0.3, 0.4) is 0 Å². The summed E-state index contributed by atoms with van der Waals surface area (Å²) in [6.07, 6.45) is 5.89. The molecule has 2 aromatic heterocycles. The molecule has 0 fully saturated rings. The third-order valence-corrected chi connectivity index (χ3v) is 2.91. The lowest BCUT2D eigenvalue weighted by Gasteiger charge is -2.09. The van der Waals surface area contributed by atoms with Crippen molar-refractivity contribution < 1.29 is 4.74 Å². The zero-order valence-electron chi connectivity index (χ0n) is 10.2. The zero-order chi connectivity index (χ0) is 13.0. The highest BCUT2D eigenvalue weighted by atomic mass is 79.9. The maximum atomic E-state index is 5.63. The molecule has 0 spiro atoms. The van der Waals surface area contributed by atoms with Gasteiger partial charge in [-0.2, -0.15) is 5.10 Å². The predicted molar refractivity (Wildman–Crippen MR) is 71.8 cm³/mol. The molecule has 0 aliphatic carbocycles. The Morgan fingerprint density at radius 2 is 2.28 bits per heavy atom. The minimum Gasteiger partial charge on any atom is -0.434 e. The number of rotatable bonds is 5. The molecule has 6 nitrogen and oxygen atoms in total. The number of anilines is 1. The van der Waals surface area contributed by atoms with Crippen LogP contribution in [0.1, 0.15) is 13.3 Å². The van der Waals surface area contributed by atoms with Gasteiger partial charge in [0.15, 0.2) is 5.75 Å². The monoisotopic (exact) mass is 311 g/mol. The van der Waals surface area contributed by atoms with Gasteiger partial charge in [0.25, 0.3) is 0 Å². The van der Waals surface area contributed by atoms with Gasteiger partial charge in [0, 0.05) is 13.6 Å². The average Bonchev–Trinajstić information content (AvgIpc) is 2.76. The second-order valence-electron chi connectivity index (χ2n) is 3.72. The Balaban J connectivity index is 2.17. The molecule has 0 unspecified atom stereocenters. The van der Waals surface area contributed by atoms with Gasteiger partial charge in [-0.05, 0) is 22.4 Å². The first-order valence-corrected chi connectivity index (χ1v) is 6.41. The first kappa shape index (κ1) is 12.8. The predicted octanol–water partition coefficient (Wildman–Crippen LogP) is 2.59. The molecule has 0 saturated heterocycles. The van der Waals surface area contributed by atoms with E-state index in [1.54, 1.807) is 17.1 Å². The molecule has 96 valence electrons. The lowest BCUT2D eigenvalue weighted by molar-refractivity contribution is 0.458. The van der Waals surface area contributed by atoms with Crippen LogP contribution in [0.25, 0.3) is 0 Å². The van der Waals surface area contributed by atoms with Gasteiger partial charge in [0.2, 0.25) is 5.88 Å². The molecule has 0 atom stereocenters. The Bertz CT molecular complexity index is 528. The highest BCUT2D eigenvalue weighted by molar-refractivity contribution is 9.10. The summed E-state index contributed by atoms with van der Waals surface area (Å²) in [6, 6.07) is 0. The lowest BCUT2D eigenvalue weighted by Crippen LogP contribution is -2.04. The number of ether oxygens (including phenoxy) is 1. The van der Waals surface area contributed by atoms with Crippen LogP contribution in [-0.2, 0) is 7.05 Å². The van der Waals surface area contributed by atoms with Crippen LogP contribution in [0, 0.1) is 0 Å². The molecular formula is C11H14BrN5O. The maximum absolute atomic E-state index is 5.63. The van der Waals surface area contributed by atoms with Gasteiger partial charge < -0.3 is 10.1 Å². The van der Waals surface area contributed by atoms with Crippen molar-refractivity contribution in [1.29, 1.82) is 0 Å². The van der Waals surface area contributed by atoms with Crippen molar-refractivity contribution in [3.8, 4) is 11.6 Å². The molecule has 2 rings (SSSR count). The van der Waals surface area contributed by atoms with Crippen molar-refractivity contribution in [1.82, 2.24) is 19.7 Å². The van der Waals surface area contributed by atoms with E-state index in [0.29, 0.717) is 16.1 Å². The molecule has 2 aromatic rings. The molecule has 2 heterocycles. The van der Waals surface area contributed by atoms with Crippen molar-refractivity contribution in [2.45, 2.75) is 13.3 Å². The Labute approximate surface area is 114 Å². The van der Waals surface area contributed by atoms with Crippen LogP contribution in [0.15, 0.2) is 23.2 Å². The summed E-state index contributed by atoms with van der Waals surface area (Å²) < 4.78 is 8.01. The minimum atomic E-state index is 0.469. The van der Waals surface area contributed by atoms with Crippen LogP contribution < -0.4 is 10.1 Å². The fraction of sp³-hybridized carbons (Fsp3) is 0.364. The van der Waals surface area contributed by atoms with Gasteiger partial charge in [-0.1, -0.05) is 6.92 Å². The SMILES string of the molecule is CCCNc1ncnc(Oc2cnn(C)c2)c1Br. The number of halogens is 1. The highest BCUT2D eigenvalue weighted by Crippen LogP contribution is 2.31. The highest BCUT2D eigenvalue weighted by Gasteiger charge is 2.11. The van der Waals surface area contributed by atoms with Gasteiger partial charge in [0.05, 0.1) is 12.4 Å². The molecular weight excluding hydrogens is 298 g/mol. The quantitative estimate of drug-likeness (QED) is 0.919. The average molecular weight is 312 g/mol. The van der Waals surface area contributed by atoms with Gasteiger partial charge in [-0.25, -0.2) is 9.97 Å². The number of hydrogen-bond donors (Lipinski definition) is 1. The molecule has 0 saturated carbocycles. The van der Waals surface area contributed by atoms with Gasteiger partial charge in [-0.15, -0.1) is 0 Å². The van der Waals surface area contributed by atoms with Crippen LogP contribution in [0.4, 0.5) is 5.82 Å². The molecule has 0 aliphatic rings. The van der Waals surface area contributed by atoms with E-state index >= 15 is 0 Å². The van der Waals surface area contributed by atoms with Crippen LogP contribution in [0.2, 0.25) is 0 Å². The van der Waals surface area contributed by atoms with E-state index in [4.69, 9.17) is 4.74 Å². The smallest absolute Gasteiger partial charge is 0.239 e. The van der Waals surface area contributed by atoms with Crippen LogP contribution >= 0.6 is 15.9 Å². The van der Waals surface area contributed by atoms with Crippen molar-refractivity contribution in [2.24, 2.45) is 7.05 Å². The summed E-state index contributed by atoms with van der Waals surface area (Å²) in [5.74, 6) is 1.83.